The fourth-order valence-electron chi connectivity index (χ4n) is 4.45. The summed E-state index contributed by atoms with van der Waals surface area (Å²) in [6.45, 7) is 11.6. The van der Waals surface area contributed by atoms with Crippen LogP contribution >= 0.6 is 0 Å². The van der Waals surface area contributed by atoms with Crippen LogP contribution in [0, 0.1) is 0 Å². The summed E-state index contributed by atoms with van der Waals surface area (Å²) in [5.74, 6) is 0. The molecule has 2 aliphatic rings. The summed E-state index contributed by atoms with van der Waals surface area (Å²) in [7, 11) is 0. The Morgan fingerprint density at radius 3 is 2.58 bits per heavy atom. The van der Waals surface area contributed by atoms with Crippen molar-refractivity contribution in [2.45, 2.75) is 76.9 Å². The lowest BCUT2D eigenvalue weighted by Crippen LogP contribution is -2.58. The highest BCUT2D eigenvalue weighted by atomic mass is 15.3. The van der Waals surface area contributed by atoms with Crippen LogP contribution in [0.3, 0.4) is 0 Å². The molecule has 0 aromatic heterocycles. The molecule has 19 heavy (non-hydrogen) atoms. The molecule has 0 aliphatic carbocycles. The Balaban J connectivity index is 2.16. The van der Waals surface area contributed by atoms with Crippen LogP contribution in [0.25, 0.3) is 0 Å². The van der Waals surface area contributed by atoms with Gasteiger partial charge in [0.05, 0.1) is 0 Å². The fraction of sp³-hybridized carbons (Fsp3) is 1.00. The molecule has 0 radical (unpaired) electrons. The molecule has 2 aliphatic heterocycles. The summed E-state index contributed by atoms with van der Waals surface area (Å²) in [6, 6.07) is 1.49. The van der Waals surface area contributed by atoms with E-state index < -0.39 is 0 Å². The SMILES string of the molecule is CCC1CCC(C)N1C1(CN)CCCN(CC)CC1. The van der Waals surface area contributed by atoms with E-state index in [1.807, 2.05) is 0 Å². The minimum atomic E-state index is 0.278. The Morgan fingerprint density at radius 1 is 1.16 bits per heavy atom. The van der Waals surface area contributed by atoms with Gasteiger partial charge in [-0.1, -0.05) is 13.8 Å². The molecule has 0 aromatic rings. The molecule has 0 bridgehead atoms. The van der Waals surface area contributed by atoms with Crippen LogP contribution in [0.1, 0.15) is 59.3 Å². The van der Waals surface area contributed by atoms with Crippen LogP contribution in [0.15, 0.2) is 0 Å². The van der Waals surface area contributed by atoms with E-state index >= 15 is 0 Å². The van der Waals surface area contributed by atoms with Gasteiger partial charge < -0.3 is 10.6 Å². The van der Waals surface area contributed by atoms with Crippen molar-refractivity contribution in [2.24, 2.45) is 5.73 Å². The Kier molecular flexibility index (Phi) is 5.27. The highest BCUT2D eigenvalue weighted by Crippen LogP contribution is 2.38. The molecule has 2 heterocycles. The third kappa shape index (κ3) is 2.98. The van der Waals surface area contributed by atoms with Crippen molar-refractivity contribution < 1.29 is 0 Å². The van der Waals surface area contributed by atoms with E-state index in [0.717, 1.165) is 18.6 Å². The van der Waals surface area contributed by atoms with E-state index in [1.54, 1.807) is 0 Å². The van der Waals surface area contributed by atoms with Crippen LogP contribution < -0.4 is 5.73 Å². The van der Waals surface area contributed by atoms with Gasteiger partial charge in [0.25, 0.3) is 0 Å². The van der Waals surface area contributed by atoms with Gasteiger partial charge in [-0.15, -0.1) is 0 Å². The van der Waals surface area contributed by atoms with E-state index in [0.29, 0.717) is 0 Å². The largest absolute Gasteiger partial charge is 0.329 e. The van der Waals surface area contributed by atoms with Crippen LogP contribution in [0.5, 0.6) is 0 Å². The lowest BCUT2D eigenvalue weighted by molar-refractivity contribution is 0.0336. The van der Waals surface area contributed by atoms with Gasteiger partial charge in [-0.25, -0.2) is 0 Å². The molecule has 2 rings (SSSR count). The molecule has 0 amide bonds. The maximum Gasteiger partial charge on any atom is 0.0350 e. The smallest absolute Gasteiger partial charge is 0.0350 e. The summed E-state index contributed by atoms with van der Waals surface area (Å²) in [5, 5.41) is 0. The first-order valence-electron chi connectivity index (χ1n) is 8.37. The van der Waals surface area contributed by atoms with E-state index in [2.05, 4.69) is 30.6 Å². The number of hydrogen-bond donors (Lipinski definition) is 1. The number of rotatable bonds is 4. The summed E-state index contributed by atoms with van der Waals surface area (Å²) < 4.78 is 0. The molecule has 3 nitrogen and oxygen atoms in total. The van der Waals surface area contributed by atoms with Gasteiger partial charge in [-0.3, -0.25) is 4.90 Å². The van der Waals surface area contributed by atoms with Crippen molar-refractivity contribution in [3.05, 3.63) is 0 Å². The fourth-order valence-corrected chi connectivity index (χ4v) is 4.45. The first-order valence-corrected chi connectivity index (χ1v) is 8.37. The third-order valence-corrected chi connectivity index (χ3v) is 5.64. The molecule has 0 aromatic carbocycles. The third-order valence-electron chi connectivity index (χ3n) is 5.64. The van der Waals surface area contributed by atoms with Gasteiger partial charge >= 0.3 is 0 Å². The molecule has 2 saturated heterocycles. The standard InChI is InChI=1S/C16H33N3/c1-4-15-8-7-14(3)19(15)16(13-17)9-6-11-18(5-2)12-10-16/h14-15H,4-13,17H2,1-3H3. The number of nitrogens with zero attached hydrogens (tertiary/aromatic N) is 2. The maximum absolute atomic E-state index is 6.29. The second kappa shape index (κ2) is 6.55. The highest BCUT2D eigenvalue weighted by Gasteiger charge is 2.44. The van der Waals surface area contributed by atoms with E-state index in [-0.39, 0.29) is 5.54 Å². The highest BCUT2D eigenvalue weighted by molar-refractivity contribution is 5.01. The predicted molar refractivity (Wildman–Crippen MR) is 82.4 cm³/mol. The average Bonchev–Trinajstić information content (AvgIpc) is 2.70. The van der Waals surface area contributed by atoms with Crippen molar-refractivity contribution in [2.75, 3.05) is 26.2 Å². The predicted octanol–water partition coefficient (Wildman–Crippen LogP) is 2.45. The van der Waals surface area contributed by atoms with Gasteiger partial charge in [0, 0.05) is 24.2 Å². The quantitative estimate of drug-likeness (QED) is 0.849. The Bertz CT molecular complexity index is 281. The second-order valence-electron chi connectivity index (χ2n) is 6.61. The first kappa shape index (κ1) is 15.3. The molecule has 3 heteroatoms. The molecule has 3 unspecified atom stereocenters. The van der Waals surface area contributed by atoms with Crippen LogP contribution in [0.4, 0.5) is 0 Å². The number of likely N-dealkylation sites (tertiary alicyclic amines) is 2. The Labute approximate surface area is 119 Å². The van der Waals surface area contributed by atoms with Crippen molar-refractivity contribution in [3.8, 4) is 0 Å². The average molecular weight is 267 g/mol. The topological polar surface area (TPSA) is 32.5 Å². The maximum atomic E-state index is 6.29. The van der Waals surface area contributed by atoms with E-state index in [1.165, 1.54) is 58.2 Å². The minimum Gasteiger partial charge on any atom is -0.329 e. The van der Waals surface area contributed by atoms with Gasteiger partial charge in [0.2, 0.25) is 0 Å². The van der Waals surface area contributed by atoms with Gasteiger partial charge in [-0.05, 0) is 65.1 Å². The van der Waals surface area contributed by atoms with Crippen LogP contribution in [-0.4, -0.2) is 53.6 Å². The van der Waals surface area contributed by atoms with Crippen LogP contribution in [-0.2, 0) is 0 Å². The molecule has 2 N–H and O–H groups in total. The van der Waals surface area contributed by atoms with E-state index in [9.17, 15) is 0 Å². The van der Waals surface area contributed by atoms with Crippen molar-refractivity contribution in [1.29, 1.82) is 0 Å². The van der Waals surface area contributed by atoms with Crippen LogP contribution in [0.2, 0.25) is 0 Å². The summed E-state index contributed by atoms with van der Waals surface area (Å²) in [4.78, 5) is 5.42. The normalized spacial score (nSPS) is 38.5. The van der Waals surface area contributed by atoms with Gasteiger partial charge in [0.15, 0.2) is 0 Å². The lowest BCUT2D eigenvalue weighted by atomic mass is 9.86. The van der Waals surface area contributed by atoms with Crippen molar-refractivity contribution >= 4 is 0 Å². The molecule has 0 spiro atoms. The zero-order valence-electron chi connectivity index (χ0n) is 13.2. The monoisotopic (exact) mass is 267 g/mol. The molecule has 2 fully saturated rings. The lowest BCUT2D eigenvalue weighted by Gasteiger charge is -2.46. The molecular weight excluding hydrogens is 234 g/mol. The summed E-state index contributed by atoms with van der Waals surface area (Å²) in [5.41, 5.74) is 6.57. The van der Waals surface area contributed by atoms with Gasteiger partial charge in [0.1, 0.15) is 0 Å². The molecule has 0 saturated carbocycles. The number of nitrogens with two attached hydrogens (primary N) is 1. The second-order valence-corrected chi connectivity index (χ2v) is 6.61. The van der Waals surface area contributed by atoms with Crippen molar-refractivity contribution in [1.82, 2.24) is 9.80 Å². The molecule has 3 atom stereocenters. The number of hydrogen-bond acceptors (Lipinski definition) is 3. The first-order chi connectivity index (χ1) is 9.16. The molecule has 112 valence electrons. The zero-order chi connectivity index (χ0) is 13.9. The minimum absolute atomic E-state index is 0.278. The van der Waals surface area contributed by atoms with E-state index in [4.69, 9.17) is 5.73 Å². The van der Waals surface area contributed by atoms with Crippen molar-refractivity contribution in [3.63, 3.8) is 0 Å². The Hall–Kier alpha value is -0.120. The summed E-state index contributed by atoms with van der Waals surface area (Å²) >= 11 is 0. The zero-order valence-corrected chi connectivity index (χ0v) is 13.2. The Morgan fingerprint density at radius 2 is 1.95 bits per heavy atom. The summed E-state index contributed by atoms with van der Waals surface area (Å²) in [6.07, 6.45) is 7.88. The molecular formula is C16H33N3. The van der Waals surface area contributed by atoms with Gasteiger partial charge in [-0.2, -0.15) is 0 Å².